The van der Waals surface area contributed by atoms with Gasteiger partial charge in [-0.05, 0) is 24.3 Å². The molecular weight excluding hydrogens is 459 g/mol. The zero-order valence-electron chi connectivity index (χ0n) is 16.3. The third kappa shape index (κ3) is 5.51. The van der Waals surface area contributed by atoms with Crippen LogP contribution in [-0.2, 0) is 11.2 Å². The van der Waals surface area contributed by atoms with E-state index in [9.17, 15) is 24.3 Å². The quantitative estimate of drug-likeness (QED) is 0.414. The highest BCUT2D eigenvalue weighted by Gasteiger charge is 2.24. The molecule has 164 valence electrons. The van der Waals surface area contributed by atoms with Crippen LogP contribution in [0.1, 0.15) is 26.3 Å². The minimum Gasteiger partial charge on any atom is -0.480 e. The van der Waals surface area contributed by atoms with Crippen molar-refractivity contribution in [3.63, 3.8) is 0 Å². The maximum atomic E-state index is 12.7. The van der Waals surface area contributed by atoms with E-state index in [0.29, 0.717) is 0 Å². The van der Waals surface area contributed by atoms with Crippen molar-refractivity contribution >= 4 is 46.8 Å². The monoisotopic (exact) mass is 474 g/mol. The Bertz CT molecular complexity index is 1210. The van der Waals surface area contributed by atoms with Gasteiger partial charge in [-0.2, -0.15) is 4.98 Å². The summed E-state index contributed by atoms with van der Waals surface area (Å²) in [4.78, 5) is 54.6. The summed E-state index contributed by atoms with van der Waals surface area (Å²) in [5.41, 5.74) is -0.354. The molecule has 4 N–H and O–H groups in total. The molecule has 0 unspecified atom stereocenters. The molecule has 0 aliphatic carbocycles. The van der Waals surface area contributed by atoms with Gasteiger partial charge in [-0.1, -0.05) is 47.5 Å². The Morgan fingerprint density at radius 2 is 1.66 bits per heavy atom. The van der Waals surface area contributed by atoms with Crippen LogP contribution in [-0.4, -0.2) is 38.9 Å². The number of carboxylic acids is 1. The first kappa shape index (κ1) is 23.0. The smallest absolute Gasteiger partial charge is 0.346 e. The fourth-order valence-electron chi connectivity index (χ4n) is 2.82. The second kappa shape index (κ2) is 10.1. The highest BCUT2D eigenvalue weighted by Crippen LogP contribution is 2.25. The highest BCUT2D eigenvalue weighted by atomic mass is 35.5. The van der Waals surface area contributed by atoms with Crippen LogP contribution < -0.4 is 16.3 Å². The van der Waals surface area contributed by atoms with Gasteiger partial charge in [0.15, 0.2) is 0 Å². The molecule has 9 nitrogen and oxygen atoms in total. The van der Waals surface area contributed by atoms with Crippen LogP contribution >= 0.6 is 23.2 Å². The van der Waals surface area contributed by atoms with E-state index in [1.54, 1.807) is 24.3 Å². The molecule has 32 heavy (non-hydrogen) atoms. The molecule has 2 aromatic carbocycles. The van der Waals surface area contributed by atoms with E-state index in [4.69, 9.17) is 23.2 Å². The molecule has 3 aromatic rings. The standard InChI is InChI=1S/C21H16Cl2N4O5/c22-13-7-4-8-14(23)16(13)19(29)26-17-12(10-24-21(32)27-17)9-15(20(30)31)25-18(28)11-5-2-1-3-6-11/h1-8,10,15H,9H2,(H,25,28)(H,30,31)(H2,24,26,27,29,32)/t15-/m0/s1. The van der Waals surface area contributed by atoms with Gasteiger partial charge in [0.05, 0.1) is 15.6 Å². The lowest BCUT2D eigenvalue weighted by molar-refractivity contribution is -0.139. The predicted octanol–water partition coefficient (Wildman–Crippen LogP) is 2.75. The number of rotatable bonds is 7. The molecule has 0 radical (unpaired) electrons. The maximum Gasteiger partial charge on any atom is 0.346 e. The Hall–Kier alpha value is -3.69. The van der Waals surface area contributed by atoms with Gasteiger partial charge in [-0.15, -0.1) is 0 Å². The van der Waals surface area contributed by atoms with Crippen molar-refractivity contribution in [2.24, 2.45) is 0 Å². The number of nitrogens with one attached hydrogen (secondary N) is 3. The van der Waals surface area contributed by atoms with E-state index in [-0.39, 0.29) is 39.0 Å². The van der Waals surface area contributed by atoms with Crippen molar-refractivity contribution in [1.29, 1.82) is 0 Å². The summed E-state index contributed by atoms with van der Waals surface area (Å²) in [6.07, 6.45) is 0.938. The molecule has 0 fully saturated rings. The lowest BCUT2D eigenvalue weighted by Crippen LogP contribution is -2.42. The maximum absolute atomic E-state index is 12.7. The van der Waals surface area contributed by atoms with Crippen LogP contribution in [0.4, 0.5) is 5.82 Å². The first-order chi connectivity index (χ1) is 15.3. The van der Waals surface area contributed by atoms with Gasteiger partial charge in [0.1, 0.15) is 11.9 Å². The van der Waals surface area contributed by atoms with Crippen molar-refractivity contribution < 1.29 is 19.5 Å². The van der Waals surface area contributed by atoms with Gasteiger partial charge < -0.3 is 20.7 Å². The fourth-order valence-corrected chi connectivity index (χ4v) is 3.39. The van der Waals surface area contributed by atoms with Crippen molar-refractivity contribution in [3.05, 3.63) is 91.9 Å². The third-order valence-corrected chi connectivity index (χ3v) is 5.00. The Morgan fingerprint density at radius 1 is 1.00 bits per heavy atom. The van der Waals surface area contributed by atoms with Gasteiger partial charge >= 0.3 is 11.7 Å². The molecule has 0 saturated heterocycles. The van der Waals surface area contributed by atoms with Gasteiger partial charge in [0, 0.05) is 23.7 Å². The summed E-state index contributed by atoms with van der Waals surface area (Å²) in [5, 5.41) is 14.6. The molecule has 0 bridgehead atoms. The van der Waals surface area contributed by atoms with Gasteiger partial charge in [0.25, 0.3) is 11.8 Å². The van der Waals surface area contributed by atoms with Crippen LogP contribution in [0.2, 0.25) is 10.0 Å². The Labute approximate surface area is 191 Å². The molecule has 0 spiro atoms. The number of aliphatic carboxylic acids is 1. The van der Waals surface area contributed by atoms with Crippen LogP contribution in [0.3, 0.4) is 0 Å². The van der Waals surface area contributed by atoms with E-state index in [1.165, 1.54) is 30.5 Å². The number of nitrogens with zero attached hydrogens (tertiary/aromatic N) is 1. The number of carbonyl (C=O) groups excluding carboxylic acids is 2. The third-order valence-electron chi connectivity index (χ3n) is 4.37. The van der Waals surface area contributed by atoms with Crippen molar-refractivity contribution in [2.45, 2.75) is 12.5 Å². The summed E-state index contributed by atoms with van der Waals surface area (Å²) >= 11 is 12.1. The summed E-state index contributed by atoms with van der Waals surface area (Å²) in [6, 6.07) is 11.2. The SMILES string of the molecule is O=C(N[C@@H](Cc1c[nH]c(=O)nc1NC(=O)c1c(Cl)cccc1Cl)C(=O)O)c1ccccc1. The van der Waals surface area contributed by atoms with Crippen molar-refractivity contribution in [2.75, 3.05) is 5.32 Å². The first-order valence-corrected chi connectivity index (χ1v) is 9.94. The van der Waals surface area contributed by atoms with E-state index in [2.05, 4.69) is 20.6 Å². The number of benzene rings is 2. The molecule has 11 heteroatoms. The van der Waals surface area contributed by atoms with Crippen LogP contribution in [0.5, 0.6) is 0 Å². The van der Waals surface area contributed by atoms with Crippen molar-refractivity contribution in [1.82, 2.24) is 15.3 Å². The van der Waals surface area contributed by atoms with Gasteiger partial charge in [-0.25, -0.2) is 9.59 Å². The predicted molar refractivity (Wildman–Crippen MR) is 118 cm³/mol. The molecule has 1 atom stereocenters. The van der Waals surface area contributed by atoms with Crippen LogP contribution in [0, 0.1) is 0 Å². The molecule has 2 amide bonds. The Kier molecular flexibility index (Phi) is 7.24. The molecule has 0 aliphatic rings. The van der Waals surface area contributed by atoms with Crippen molar-refractivity contribution in [3.8, 4) is 0 Å². The number of H-pyrrole nitrogens is 1. The number of halogens is 2. The number of hydrogen-bond acceptors (Lipinski definition) is 5. The molecular formula is C21H16Cl2N4O5. The van der Waals surface area contributed by atoms with E-state index in [0.717, 1.165) is 0 Å². The minimum atomic E-state index is -1.37. The molecule has 1 aromatic heterocycles. The second-order valence-corrected chi connectivity index (χ2v) is 7.38. The summed E-state index contributed by atoms with van der Waals surface area (Å²) in [7, 11) is 0. The van der Waals surface area contributed by atoms with Gasteiger partial charge in [-0.3, -0.25) is 9.59 Å². The highest BCUT2D eigenvalue weighted by molar-refractivity contribution is 6.40. The average Bonchev–Trinajstić information content (AvgIpc) is 2.75. The fraction of sp³-hybridized carbons (Fsp3) is 0.0952. The molecule has 0 aliphatic heterocycles. The molecule has 1 heterocycles. The number of carbonyl (C=O) groups is 3. The van der Waals surface area contributed by atoms with Crippen LogP contribution in [0.25, 0.3) is 0 Å². The normalized spacial score (nSPS) is 11.4. The number of aromatic nitrogens is 2. The summed E-state index contributed by atoms with van der Waals surface area (Å²) in [5.74, 6) is -2.83. The lowest BCUT2D eigenvalue weighted by Gasteiger charge is -2.17. The van der Waals surface area contributed by atoms with Crippen LogP contribution in [0.15, 0.2) is 59.5 Å². The number of carboxylic acid groups (broad SMARTS) is 1. The zero-order valence-corrected chi connectivity index (χ0v) is 17.8. The first-order valence-electron chi connectivity index (χ1n) is 9.19. The lowest BCUT2D eigenvalue weighted by atomic mass is 10.1. The number of amides is 2. The zero-order chi connectivity index (χ0) is 23.3. The van der Waals surface area contributed by atoms with E-state index >= 15 is 0 Å². The summed E-state index contributed by atoms with van der Waals surface area (Å²) in [6.45, 7) is 0. The molecule has 0 saturated carbocycles. The van der Waals surface area contributed by atoms with E-state index < -0.39 is 29.5 Å². The van der Waals surface area contributed by atoms with Gasteiger partial charge in [0.2, 0.25) is 0 Å². The molecule has 3 rings (SSSR count). The largest absolute Gasteiger partial charge is 0.480 e. The Morgan fingerprint density at radius 3 is 2.28 bits per heavy atom. The number of aromatic amines is 1. The number of hydrogen-bond donors (Lipinski definition) is 4. The minimum absolute atomic E-state index is 0.0315. The summed E-state index contributed by atoms with van der Waals surface area (Å²) < 4.78 is 0. The Balaban J connectivity index is 1.86. The second-order valence-electron chi connectivity index (χ2n) is 6.56. The van der Waals surface area contributed by atoms with E-state index in [1.807, 2.05) is 0 Å². The number of anilines is 1. The average molecular weight is 475 g/mol. The topological polar surface area (TPSA) is 141 Å².